The average molecular weight is 311 g/mol. The van der Waals surface area contributed by atoms with E-state index in [9.17, 15) is 9.59 Å². The zero-order chi connectivity index (χ0) is 15.4. The highest BCUT2D eigenvalue weighted by Gasteiger charge is 2.25. The van der Waals surface area contributed by atoms with Crippen LogP contribution >= 0.6 is 11.6 Å². The molecule has 2 rings (SSSR count). The minimum Gasteiger partial charge on any atom is -0.480 e. The Morgan fingerprint density at radius 3 is 2.43 bits per heavy atom. The van der Waals surface area contributed by atoms with Crippen molar-refractivity contribution < 1.29 is 14.7 Å². The van der Waals surface area contributed by atoms with Crippen LogP contribution in [-0.4, -0.2) is 59.0 Å². The maximum atomic E-state index is 12.4. The van der Waals surface area contributed by atoms with Crippen LogP contribution in [0.25, 0.3) is 0 Å². The van der Waals surface area contributed by atoms with E-state index in [0.717, 1.165) is 6.42 Å². The molecule has 1 aromatic rings. The Morgan fingerprint density at radius 1 is 1.14 bits per heavy atom. The van der Waals surface area contributed by atoms with Gasteiger partial charge in [0.25, 0.3) is 5.91 Å². The SMILES string of the molecule is CC(C(=O)O)N1CCCN(C(=O)c2ccc(Cl)cc2)CC1. The van der Waals surface area contributed by atoms with Crippen molar-refractivity contribution in [3.8, 4) is 0 Å². The molecule has 0 aliphatic carbocycles. The first kappa shape index (κ1) is 15.8. The van der Waals surface area contributed by atoms with Gasteiger partial charge in [0.2, 0.25) is 0 Å². The second-order valence-corrected chi connectivity index (χ2v) is 5.64. The van der Waals surface area contributed by atoms with Gasteiger partial charge in [0.15, 0.2) is 0 Å². The lowest BCUT2D eigenvalue weighted by molar-refractivity contribution is -0.142. The molecule has 1 heterocycles. The van der Waals surface area contributed by atoms with Crippen LogP contribution in [0.4, 0.5) is 0 Å². The Balaban J connectivity index is 2.01. The summed E-state index contributed by atoms with van der Waals surface area (Å²) in [5, 5.41) is 9.67. The van der Waals surface area contributed by atoms with Gasteiger partial charge in [-0.15, -0.1) is 0 Å². The number of carboxylic acids is 1. The van der Waals surface area contributed by atoms with E-state index in [1.54, 1.807) is 36.1 Å². The first-order valence-electron chi connectivity index (χ1n) is 7.00. The van der Waals surface area contributed by atoms with E-state index in [-0.39, 0.29) is 5.91 Å². The van der Waals surface area contributed by atoms with Gasteiger partial charge in [-0.1, -0.05) is 11.6 Å². The van der Waals surface area contributed by atoms with E-state index >= 15 is 0 Å². The lowest BCUT2D eigenvalue weighted by Gasteiger charge is -2.24. The lowest BCUT2D eigenvalue weighted by atomic mass is 10.2. The molecule has 5 nitrogen and oxygen atoms in total. The second kappa shape index (κ2) is 6.91. The molecular formula is C15H19ClN2O3. The molecule has 1 fully saturated rings. The first-order valence-corrected chi connectivity index (χ1v) is 7.38. The number of carbonyl (C=O) groups is 2. The Bertz CT molecular complexity index is 518. The molecule has 1 unspecified atom stereocenters. The molecule has 21 heavy (non-hydrogen) atoms. The molecule has 0 spiro atoms. The van der Waals surface area contributed by atoms with E-state index in [0.29, 0.717) is 36.8 Å². The molecule has 1 aliphatic heterocycles. The van der Waals surface area contributed by atoms with Gasteiger partial charge in [-0.2, -0.15) is 0 Å². The van der Waals surface area contributed by atoms with E-state index in [1.807, 2.05) is 4.90 Å². The first-order chi connectivity index (χ1) is 9.99. The summed E-state index contributed by atoms with van der Waals surface area (Å²) in [6.45, 7) is 4.13. The summed E-state index contributed by atoms with van der Waals surface area (Å²) < 4.78 is 0. The van der Waals surface area contributed by atoms with Crippen LogP contribution in [0.3, 0.4) is 0 Å². The summed E-state index contributed by atoms with van der Waals surface area (Å²) in [5.41, 5.74) is 0.610. The van der Waals surface area contributed by atoms with E-state index in [1.165, 1.54) is 0 Å². The van der Waals surface area contributed by atoms with Crippen LogP contribution in [0, 0.1) is 0 Å². The quantitative estimate of drug-likeness (QED) is 0.927. The third kappa shape index (κ3) is 3.95. The fourth-order valence-corrected chi connectivity index (χ4v) is 2.59. The highest BCUT2D eigenvalue weighted by atomic mass is 35.5. The zero-order valence-electron chi connectivity index (χ0n) is 12.0. The van der Waals surface area contributed by atoms with E-state index < -0.39 is 12.0 Å². The highest BCUT2D eigenvalue weighted by molar-refractivity contribution is 6.30. The molecule has 0 radical (unpaired) electrons. The molecule has 1 aromatic carbocycles. The minimum atomic E-state index is -0.826. The molecule has 114 valence electrons. The predicted octanol–water partition coefficient (Wildman–Crippen LogP) is 1.96. The monoisotopic (exact) mass is 310 g/mol. The smallest absolute Gasteiger partial charge is 0.320 e. The fourth-order valence-electron chi connectivity index (χ4n) is 2.46. The van der Waals surface area contributed by atoms with Crippen molar-refractivity contribution in [3.05, 3.63) is 34.9 Å². The average Bonchev–Trinajstić information content (AvgIpc) is 2.72. The van der Waals surface area contributed by atoms with Gasteiger partial charge in [0.05, 0.1) is 0 Å². The normalized spacial score (nSPS) is 18.1. The molecule has 1 saturated heterocycles. The van der Waals surface area contributed by atoms with Gasteiger partial charge >= 0.3 is 5.97 Å². The van der Waals surface area contributed by atoms with Crippen LogP contribution in [0.15, 0.2) is 24.3 Å². The van der Waals surface area contributed by atoms with Crippen molar-refractivity contribution in [1.29, 1.82) is 0 Å². The summed E-state index contributed by atoms with van der Waals surface area (Å²) in [6, 6.07) is 6.31. The lowest BCUT2D eigenvalue weighted by Crippen LogP contribution is -2.42. The summed E-state index contributed by atoms with van der Waals surface area (Å²) in [5.74, 6) is -0.857. The van der Waals surface area contributed by atoms with Gasteiger partial charge < -0.3 is 10.0 Å². The number of carboxylic acid groups (broad SMARTS) is 1. The number of hydrogen-bond donors (Lipinski definition) is 1. The molecule has 1 N–H and O–H groups in total. The number of aliphatic carboxylic acids is 1. The van der Waals surface area contributed by atoms with Crippen molar-refractivity contribution >= 4 is 23.5 Å². The standard InChI is InChI=1S/C15H19ClN2O3/c1-11(15(20)21)17-7-2-8-18(10-9-17)14(19)12-3-5-13(16)6-4-12/h3-6,11H,2,7-10H2,1H3,(H,20,21). The van der Waals surface area contributed by atoms with Crippen molar-refractivity contribution in [1.82, 2.24) is 9.80 Å². The van der Waals surface area contributed by atoms with Crippen molar-refractivity contribution in [2.75, 3.05) is 26.2 Å². The Labute approximate surface area is 129 Å². The molecule has 0 saturated carbocycles. The van der Waals surface area contributed by atoms with Crippen LogP contribution in [0.2, 0.25) is 5.02 Å². The molecule has 1 aliphatic rings. The van der Waals surface area contributed by atoms with Gasteiger partial charge in [-0.3, -0.25) is 14.5 Å². The number of halogens is 1. The summed E-state index contributed by atoms with van der Waals surface area (Å²) in [7, 11) is 0. The number of amides is 1. The minimum absolute atomic E-state index is 0.0310. The van der Waals surface area contributed by atoms with E-state index in [2.05, 4.69) is 0 Å². The maximum absolute atomic E-state index is 12.4. The second-order valence-electron chi connectivity index (χ2n) is 5.20. The van der Waals surface area contributed by atoms with Crippen molar-refractivity contribution in [3.63, 3.8) is 0 Å². The van der Waals surface area contributed by atoms with Crippen LogP contribution < -0.4 is 0 Å². The van der Waals surface area contributed by atoms with Crippen LogP contribution in [-0.2, 0) is 4.79 Å². The number of carbonyl (C=O) groups excluding carboxylic acids is 1. The highest BCUT2D eigenvalue weighted by Crippen LogP contribution is 2.14. The summed E-state index contributed by atoms with van der Waals surface area (Å²) >= 11 is 5.82. The third-order valence-corrected chi connectivity index (χ3v) is 4.07. The Kier molecular flexibility index (Phi) is 5.20. The summed E-state index contributed by atoms with van der Waals surface area (Å²) in [6.07, 6.45) is 0.775. The fraction of sp³-hybridized carbons (Fsp3) is 0.467. The molecule has 1 atom stereocenters. The zero-order valence-corrected chi connectivity index (χ0v) is 12.7. The van der Waals surface area contributed by atoms with Gasteiger partial charge in [-0.05, 0) is 37.6 Å². The van der Waals surface area contributed by atoms with Gasteiger partial charge in [0, 0.05) is 36.8 Å². The number of benzene rings is 1. The van der Waals surface area contributed by atoms with Crippen LogP contribution in [0.5, 0.6) is 0 Å². The van der Waals surface area contributed by atoms with Gasteiger partial charge in [-0.25, -0.2) is 0 Å². The van der Waals surface area contributed by atoms with Crippen molar-refractivity contribution in [2.24, 2.45) is 0 Å². The van der Waals surface area contributed by atoms with Crippen LogP contribution in [0.1, 0.15) is 23.7 Å². The maximum Gasteiger partial charge on any atom is 0.320 e. The number of rotatable bonds is 3. The third-order valence-electron chi connectivity index (χ3n) is 3.81. The predicted molar refractivity (Wildman–Crippen MR) is 80.6 cm³/mol. The summed E-state index contributed by atoms with van der Waals surface area (Å²) in [4.78, 5) is 27.1. The largest absolute Gasteiger partial charge is 0.480 e. The molecule has 0 aromatic heterocycles. The number of hydrogen-bond acceptors (Lipinski definition) is 3. The van der Waals surface area contributed by atoms with E-state index in [4.69, 9.17) is 16.7 Å². The number of nitrogens with zero attached hydrogens (tertiary/aromatic N) is 2. The molecule has 6 heteroatoms. The molecular weight excluding hydrogens is 292 g/mol. The topological polar surface area (TPSA) is 60.9 Å². The van der Waals surface area contributed by atoms with Crippen molar-refractivity contribution in [2.45, 2.75) is 19.4 Å². The molecule has 0 bridgehead atoms. The molecule has 1 amide bonds. The Hall–Kier alpha value is -1.59. The van der Waals surface area contributed by atoms with Gasteiger partial charge in [0.1, 0.15) is 6.04 Å². The Morgan fingerprint density at radius 2 is 1.81 bits per heavy atom.